The zero-order valence-electron chi connectivity index (χ0n) is 11.6. The van der Waals surface area contributed by atoms with Crippen LogP contribution in [0, 0.1) is 0 Å². The monoisotopic (exact) mass is 289 g/mol. The van der Waals surface area contributed by atoms with Crippen LogP contribution < -0.4 is 14.8 Å². The van der Waals surface area contributed by atoms with Crippen molar-refractivity contribution in [1.82, 2.24) is 5.32 Å². The third kappa shape index (κ3) is 4.11. The zero-order valence-corrected chi connectivity index (χ0v) is 12.4. The molecule has 1 aromatic heterocycles. The molecule has 0 unspecified atom stereocenters. The van der Waals surface area contributed by atoms with Crippen molar-refractivity contribution in [1.29, 1.82) is 0 Å². The lowest BCUT2D eigenvalue weighted by molar-refractivity contribution is 0.287. The molecule has 1 N–H and O–H groups in total. The molecule has 1 heterocycles. The van der Waals surface area contributed by atoms with Gasteiger partial charge in [0.05, 0.1) is 7.11 Å². The fourth-order valence-electron chi connectivity index (χ4n) is 1.80. The molecule has 0 saturated carbocycles. The molecule has 1 aromatic carbocycles. The molecule has 0 radical (unpaired) electrons. The first-order chi connectivity index (χ1) is 9.83. The van der Waals surface area contributed by atoms with Crippen LogP contribution in [0.4, 0.5) is 0 Å². The van der Waals surface area contributed by atoms with Crippen LogP contribution in [0.25, 0.3) is 0 Å². The van der Waals surface area contributed by atoms with Crippen molar-refractivity contribution in [3.05, 3.63) is 58.8 Å². The summed E-state index contributed by atoms with van der Waals surface area (Å²) in [6, 6.07) is 10.1. The molecule has 2 rings (SSSR count). The minimum absolute atomic E-state index is 0.572. The zero-order chi connectivity index (χ0) is 14.2. The Morgan fingerprint density at radius 3 is 2.90 bits per heavy atom. The Hall–Kier alpha value is -1.78. The summed E-state index contributed by atoms with van der Waals surface area (Å²) >= 11 is 1.69. The van der Waals surface area contributed by atoms with E-state index in [1.165, 1.54) is 4.88 Å². The Bertz CT molecular complexity index is 537. The summed E-state index contributed by atoms with van der Waals surface area (Å²) in [5.41, 5.74) is 1.16. The van der Waals surface area contributed by atoms with Gasteiger partial charge in [0, 0.05) is 18.0 Å². The first-order valence-corrected chi connectivity index (χ1v) is 7.35. The molecule has 0 amide bonds. The van der Waals surface area contributed by atoms with Gasteiger partial charge in [0.15, 0.2) is 11.5 Å². The van der Waals surface area contributed by atoms with Gasteiger partial charge >= 0.3 is 0 Å². The lowest BCUT2D eigenvalue weighted by Gasteiger charge is -2.12. The van der Waals surface area contributed by atoms with E-state index in [1.54, 1.807) is 18.4 Å². The van der Waals surface area contributed by atoms with Gasteiger partial charge in [-0.2, -0.15) is 0 Å². The van der Waals surface area contributed by atoms with Crippen molar-refractivity contribution in [2.24, 2.45) is 0 Å². The SMILES string of the molecule is C=CCNCc1ccc(OCc2cccs2)c(OC)c1. The molecule has 0 saturated heterocycles. The average Bonchev–Trinajstić information content (AvgIpc) is 2.99. The highest BCUT2D eigenvalue weighted by Crippen LogP contribution is 2.29. The standard InChI is InChI=1S/C16H19NO2S/c1-3-8-17-11-13-6-7-15(16(10-13)18-2)19-12-14-5-4-9-20-14/h3-7,9-10,17H,1,8,11-12H2,2H3. The molecule has 0 bridgehead atoms. The quantitative estimate of drug-likeness (QED) is 0.595. The molecular weight excluding hydrogens is 270 g/mol. The Morgan fingerprint density at radius 1 is 1.30 bits per heavy atom. The van der Waals surface area contributed by atoms with E-state index in [4.69, 9.17) is 9.47 Å². The summed E-state index contributed by atoms with van der Waals surface area (Å²) in [6.07, 6.45) is 1.84. The molecule has 106 valence electrons. The van der Waals surface area contributed by atoms with E-state index in [2.05, 4.69) is 18.0 Å². The van der Waals surface area contributed by atoms with Crippen LogP contribution >= 0.6 is 11.3 Å². The minimum atomic E-state index is 0.572. The van der Waals surface area contributed by atoms with E-state index in [0.29, 0.717) is 6.61 Å². The van der Waals surface area contributed by atoms with Crippen LogP contribution in [0.2, 0.25) is 0 Å². The number of hydrogen-bond donors (Lipinski definition) is 1. The van der Waals surface area contributed by atoms with E-state index in [9.17, 15) is 0 Å². The Kier molecular flexibility index (Phi) is 5.65. The maximum absolute atomic E-state index is 5.80. The predicted molar refractivity (Wildman–Crippen MR) is 83.5 cm³/mol. The number of benzene rings is 1. The highest BCUT2D eigenvalue weighted by atomic mass is 32.1. The Morgan fingerprint density at radius 2 is 2.20 bits per heavy atom. The van der Waals surface area contributed by atoms with E-state index in [-0.39, 0.29) is 0 Å². The van der Waals surface area contributed by atoms with Gasteiger partial charge in [-0.15, -0.1) is 17.9 Å². The molecule has 20 heavy (non-hydrogen) atoms. The van der Waals surface area contributed by atoms with Gasteiger partial charge in [0.2, 0.25) is 0 Å². The minimum Gasteiger partial charge on any atom is -0.493 e. The van der Waals surface area contributed by atoms with Crippen molar-refractivity contribution < 1.29 is 9.47 Å². The topological polar surface area (TPSA) is 30.5 Å². The normalized spacial score (nSPS) is 10.2. The van der Waals surface area contributed by atoms with Crippen molar-refractivity contribution in [2.45, 2.75) is 13.2 Å². The number of thiophene rings is 1. The molecular formula is C16H19NO2S. The van der Waals surface area contributed by atoms with Crippen LogP contribution in [0.15, 0.2) is 48.4 Å². The lowest BCUT2D eigenvalue weighted by atomic mass is 10.2. The molecule has 0 aliphatic rings. The van der Waals surface area contributed by atoms with E-state index in [1.807, 2.05) is 35.7 Å². The summed E-state index contributed by atoms with van der Waals surface area (Å²) < 4.78 is 11.2. The van der Waals surface area contributed by atoms with Gasteiger partial charge in [-0.3, -0.25) is 0 Å². The summed E-state index contributed by atoms with van der Waals surface area (Å²) in [6.45, 7) is 5.83. The highest BCUT2D eigenvalue weighted by Gasteiger charge is 2.06. The van der Waals surface area contributed by atoms with E-state index < -0.39 is 0 Å². The van der Waals surface area contributed by atoms with Gasteiger partial charge in [-0.25, -0.2) is 0 Å². The third-order valence-corrected chi connectivity index (χ3v) is 3.65. The fraction of sp³-hybridized carbons (Fsp3) is 0.250. The Labute approximate surface area is 123 Å². The van der Waals surface area contributed by atoms with Crippen LogP contribution in [-0.4, -0.2) is 13.7 Å². The van der Waals surface area contributed by atoms with Gasteiger partial charge in [0.25, 0.3) is 0 Å². The number of rotatable bonds is 8. The largest absolute Gasteiger partial charge is 0.493 e. The second-order valence-corrected chi connectivity index (χ2v) is 5.31. The molecule has 0 aliphatic heterocycles. The van der Waals surface area contributed by atoms with Crippen molar-refractivity contribution in [3.63, 3.8) is 0 Å². The summed E-state index contributed by atoms with van der Waals surface area (Å²) in [7, 11) is 1.66. The maximum Gasteiger partial charge on any atom is 0.161 e. The predicted octanol–water partition coefficient (Wildman–Crippen LogP) is 3.61. The van der Waals surface area contributed by atoms with Gasteiger partial charge in [0.1, 0.15) is 6.61 Å². The average molecular weight is 289 g/mol. The summed E-state index contributed by atoms with van der Waals surface area (Å²) in [4.78, 5) is 1.20. The van der Waals surface area contributed by atoms with Gasteiger partial charge in [-0.1, -0.05) is 18.2 Å². The first-order valence-electron chi connectivity index (χ1n) is 6.47. The second-order valence-electron chi connectivity index (χ2n) is 4.27. The summed E-state index contributed by atoms with van der Waals surface area (Å²) in [5.74, 6) is 1.54. The van der Waals surface area contributed by atoms with Gasteiger partial charge < -0.3 is 14.8 Å². The smallest absolute Gasteiger partial charge is 0.161 e. The van der Waals surface area contributed by atoms with Crippen molar-refractivity contribution in [2.75, 3.05) is 13.7 Å². The first kappa shape index (κ1) is 14.6. The van der Waals surface area contributed by atoms with E-state index in [0.717, 1.165) is 30.2 Å². The fourth-order valence-corrected chi connectivity index (χ4v) is 2.42. The van der Waals surface area contributed by atoms with Crippen LogP contribution in [0.1, 0.15) is 10.4 Å². The molecule has 4 heteroatoms. The molecule has 0 atom stereocenters. The Balaban J connectivity index is 1.99. The number of methoxy groups -OCH3 is 1. The van der Waals surface area contributed by atoms with Crippen LogP contribution in [0.5, 0.6) is 11.5 Å². The van der Waals surface area contributed by atoms with E-state index >= 15 is 0 Å². The maximum atomic E-state index is 5.80. The van der Waals surface area contributed by atoms with Gasteiger partial charge in [-0.05, 0) is 29.1 Å². The molecule has 0 spiro atoms. The lowest BCUT2D eigenvalue weighted by Crippen LogP contribution is -2.12. The highest BCUT2D eigenvalue weighted by molar-refractivity contribution is 7.09. The second kappa shape index (κ2) is 7.72. The van der Waals surface area contributed by atoms with Crippen molar-refractivity contribution >= 4 is 11.3 Å². The summed E-state index contributed by atoms with van der Waals surface area (Å²) in [5, 5.41) is 5.31. The van der Waals surface area contributed by atoms with Crippen LogP contribution in [-0.2, 0) is 13.2 Å². The number of hydrogen-bond acceptors (Lipinski definition) is 4. The molecule has 2 aromatic rings. The molecule has 0 fully saturated rings. The number of nitrogens with one attached hydrogen (secondary N) is 1. The molecule has 3 nitrogen and oxygen atoms in total. The third-order valence-electron chi connectivity index (χ3n) is 2.80. The number of ether oxygens (including phenoxy) is 2. The van der Waals surface area contributed by atoms with Crippen LogP contribution in [0.3, 0.4) is 0 Å². The molecule has 0 aliphatic carbocycles. The van der Waals surface area contributed by atoms with Crippen molar-refractivity contribution in [3.8, 4) is 11.5 Å².